The summed E-state index contributed by atoms with van der Waals surface area (Å²) in [7, 11) is 0. The fourth-order valence-electron chi connectivity index (χ4n) is 2.43. The second-order valence-corrected chi connectivity index (χ2v) is 7.37. The van der Waals surface area contributed by atoms with Crippen LogP contribution in [0.1, 0.15) is 5.56 Å². The van der Waals surface area contributed by atoms with Crippen LogP contribution in [0.5, 0.6) is 0 Å². The average molecular weight is 451 g/mol. The monoisotopic (exact) mass is 449 g/mol. The summed E-state index contributed by atoms with van der Waals surface area (Å²) in [6.45, 7) is 1.87. The third-order valence-corrected chi connectivity index (χ3v) is 4.87. The molecule has 1 aliphatic heterocycles. The molecule has 0 unspecified atom stereocenters. The molecule has 0 aliphatic carbocycles. The maximum absolute atomic E-state index is 12.9. The number of carbonyl (C=O) groups excluding carboxylic acids is 2. The molecule has 0 bridgehead atoms. The molecule has 0 spiro atoms. The Morgan fingerprint density at radius 1 is 1.23 bits per heavy atom. The molecule has 1 aliphatic rings. The van der Waals surface area contributed by atoms with Gasteiger partial charge in [0.15, 0.2) is 11.0 Å². The summed E-state index contributed by atoms with van der Waals surface area (Å²) >= 11 is 14.5. The molecule has 26 heavy (non-hydrogen) atoms. The van der Waals surface area contributed by atoms with Crippen LogP contribution in [0.3, 0.4) is 0 Å². The standard InChI is InChI=1S/C18H13BrClN3O2S/c1-10-2-5-12(20)8-15(10)21-9-14-16(24)22-18(26)23(17(14)25)13-6-3-11(19)4-7-13/h2-9,14H,1H3,(H,22,24,26)/t14-/m0/s1. The van der Waals surface area contributed by atoms with Crippen molar-refractivity contribution in [3.05, 3.63) is 57.5 Å². The van der Waals surface area contributed by atoms with Gasteiger partial charge in [-0.05, 0) is 61.1 Å². The van der Waals surface area contributed by atoms with Crippen molar-refractivity contribution < 1.29 is 9.59 Å². The fraction of sp³-hybridized carbons (Fsp3) is 0.111. The van der Waals surface area contributed by atoms with E-state index in [0.717, 1.165) is 10.0 Å². The molecule has 2 amide bonds. The van der Waals surface area contributed by atoms with E-state index in [2.05, 4.69) is 26.2 Å². The highest BCUT2D eigenvalue weighted by molar-refractivity contribution is 9.10. The molecule has 1 saturated heterocycles. The first-order valence-electron chi connectivity index (χ1n) is 7.61. The molecule has 1 atom stereocenters. The highest BCUT2D eigenvalue weighted by Crippen LogP contribution is 2.25. The molecule has 0 saturated carbocycles. The highest BCUT2D eigenvalue weighted by Gasteiger charge is 2.38. The summed E-state index contributed by atoms with van der Waals surface area (Å²) in [5.74, 6) is -2.04. The number of hydrogen-bond acceptors (Lipinski definition) is 4. The number of hydrogen-bond donors (Lipinski definition) is 1. The predicted octanol–water partition coefficient (Wildman–Crippen LogP) is 4.18. The molecule has 8 heteroatoms. The Hall–Kier alpha value is -2.09. The van der Waals surface area contributed by atoms with Crippen molar-refractivity contribution in [3.8, 4) is 0 Å². The van der Waals surface area contributed by atoms with Gasteiger partial charge in [-0.1, -0.05) is 33.6 Å². The van der Waals surface area contributed by atoms with Gasteiger partial charge in [-0.25, -0.2) is 0 Å². The van der Waals surface area contributed by atoms with Crippen molar-refractivity contribution in [2.75, 3.05) is 4.90 Å². The van der Waals surface area contributed by atoms with Crippen LogP contribution < -0.4 is 10.2 Å². The van der Waals surface area contributed by atoms with Gasteiger partial charge in [0.25, 0.3) is 5.91 Å². The summed E-state index contributed by atoms with van der Waals surface area (Å²) in [5, 5.41) is 3.13. The number of thiocarbonyl (C=S) groups is 1. The summed E-state index contributed by atoms with van der Waals surface area (Å²) in [6, 6.07) is 12.3. The van der Waals surface area contributed by atoms with Crippen LogP contribution in [0.25, 0.3) is 0 Å². The maximum Gasteiger partial charge on any atom is 0.251 e. The molecule has 1 heterocycles. The lowest BCUT2D eigenvalue weighted by Crippen LogP contribution is -2.58. The van der Waals surface area contributed by atoms with E-state index in [9.17, 15) is 9.59 Å². The number of aliphatic imine (C=N–C) groups is 1. The smallest absolute Gasteiger partial charge is 0.251 e. The Balaban J connectivity index is 1.91. The second kappa shape index (κ2) is 7.65. The van der Waals surface area contributed by atoms with Crippen molar-refractivity contribution >= 4 is 74.3 Å². The van der Waals surface area contributed by atoms with E-state index >= 15 is 0 Å². The van der Waals surface area contributed by atoms with Gasteiger partial charge in [0.05, 0.1) is 11.4 Å². The number of aryl methyl sites for hydroxylation is 1. The van der Waals surface area contributed by atoms with Crippen molar-refractivity contribution in [2.45, 2.75) is 6.92 Å². The maximum atomic E-state index is 12.9. The Kier molecular flexibility index (Phi) is 5.50. The van der Waals surface area contributed by atoms with Crippen molar-refractivity contribution in [3.63, 3.8) is 0 Å². The Bertz CT molecular complexity index is 931. The van der Waals surface area contributed by atoms with Crippen LogP contribution in [0.4, 0.5) is 11.4 Å². The third-order valence-electron chi connectivity index (χ3n) is 3.82. The largest absolute Gasteiger partial charge is 0.301 e. The first-order chi connectivity index (χ1) is 12.4. The number of nitrogens with one attached hydrogen (secondary N) is 1. The fourth-order valence-corrected chi connectivity index (χ4v) is 3.16. The van der Waals surface area contributed by atoms with E-state index in [1.165, 1.54) is 11.1 Å². The topological polar surface area (TPSA) is 61.8 Å². The average Bonchev–Trinajstić information content (AvgIpc) is 2.59. The minimum absolute atomic E-state index is 0.0471. The molecule has 2 aromatic carbocycles. The van der Waals surface area contributed by atoms with E-state index in [1.54, 1.807) is 36.4 Å². The molecule has 1 N–H and O–H groups in total. The Labute approximate surface area is 169 Å². The second-order valence-electron chi connectivity index (χ2n) is 5.63. The van der Waals surface area contributed by atoms with Crippen LogP contribution in [0, 0.1) is 12.8 Å². The predicted molar refractivity (Wildman–Crippen MR) is 110 cm³/mol. The number of amides is 2. The summed E-state index contributed by atoms with van der Waals surface area (Å²) in [6.07, 6.45) is 1.32. The van der Waals surface area contributed by atoms with Crippen molar-refractivity contribution in [2.24, 2.45) is 10.9 Å². The molecule has 132 valence electrons. The third kappa shape index (κ3) is 3.85. The number of rotatable bonds is 3. The molecule has 1 fully saturated rings. The van der Waals surface area contributed by atoms with Crippen molar-refractivity contribution in [1.82, 2.24) is 5.32 Å². The van der Waals surface area contributed by atoms with Gasteiger partial charge >= 0.3 is 0 Å². The summed E-state index contributed by atoms with van der Waals surface area (Å²) in [5.41, 5.74) is 2.05. The summed E-state index contributed by atoms with van der Waals surface area (Å²) < 4.78 is 0.871. The zero-order chi connectivity index (χ0) is 18.8. The Morgan fingerprint density at radius 2 is 1.92 bits per heavy atom. The molecule has 0 radical (unpaired) electrons. The lowest BCUT2D eigenvalue weighted by atomic mass is 10.1. The van der Waals surface area contributed by atoms with Crippen LogP contribution in [0.2, 0.25) is 5.02 Å². The molecule has 3 rings (SSSR count). The first-order valence-corrected chi connectivity index (χ1v) is 9.19. The Morgan fingerprint density at radius 3 is 2.62 bits per heavy atom. The highest BCUT2D eigenvalue weighted by atomic mass is 79.9. The van der Waals surface area contributed by atoms with Gasteiger partial charge in [-0.3, -0.25) is 19.5 Å². The number of anilines is 1. The molecular formula is C18H13BrClN3O2S. The van der Waals surface area contributed by atoms with Crippen LogP contribution in [0.15, 0.2) is 51.9 Å². The minimum atomic E-state index is -1.08. The van der Waals surface area contributed by atoms with Gasteiger partial charge in [0.1, 0.15) is 0 Å². The number of nitrogens with zero attached hydrogens (tertiary/aromatic N) is 2. The number of benzene rings is 2. The molecule has 0 aromatic heterocycles. The van der Waals surface area contributed by atoms with E-state index < -0.39 is 17.7 Å². The lowest BCUT2D eigenvalue weighted by molar-refractivity contribution is -0.130. The van der Waals surface area contributed by atoms with Crippen LogP contribution in [-0.4, -0.2) is 23.1 Å². The van der Waals surface area contributed by atoms with E-state index in [4.69, 9.17) is 23.8 Å². The zero-order valence-corrected chi connectivity index (χ0v) is 16.7. The number of carbonyl (C=O) groups is 2. The quantitative estimate of drug-likeness (QED) is 0.433. The minimum Gasteiger partial charge on any atom is -0.301 e. The van der Waals surface area contributed by atoms with Crippen LogP contribution in [-0.2, 0) is 9.59 Å². The SMILES string of the molecule is Cc1ccc(Cl)cc1N=C[C@H]1C(=O)NC(=S)N(c2ccc(Br)cc2)C1=O. The van der Waals surface area contributed by atoms with Gasteiger partial charge < -0.3 is 5.32 Å². The number of halogens is 2. The van der Waals surface area contributed by atoms with E-state index in [0.29, 0.717) is 16.4 Å². The normalized spacial score (nSPS) is 17.7. The van der Waals surface area contributed by atoms with Crippen LogP contribution >= 0.6 is 39.7 Å². The molecule has 2 aromatic rings. The van der Waals surface area contributed by atoms with E-state index in [-0.39, 0.29) is 5.11 Å². The first kappa shape index (κ1) is 18.7. The van der Waals surface area contributed by atoms with Crippen molar-refractivity contribution in [1.29, 1.82) is 0 Å². The van der Waals surface area contributed by atoms with Gasteiger partial charge in [0.2, 0.25) is 5.91 Å². The van der Waals surface area contributed by atoms with E-state index in [1.807, 2.05) is 13.0 Å². The molecule has 5 nitrogen and oxygen atoms in total. The molecular weight excluding hydrogens is 438 g/mol. The lowest BCUT2D eigenvalue weighted by Gasteiger charge is -2.30. The van der Waals surface area contributed by atoms with Gasteiger partial charge in [-0.15, -0.1) is 0 Å². The van der Waals surface area contributed by atoms with Gasteiger partial charge in [0, 0.05) is 15.7 Å². The summed E-state index contributed by atoms with van der Waals surface area (Å²) in [4.78, 5) is 30.7. The zero-order valence-electron chi connectivity index (χ0n) is 13.6. The van der Waals surface area contributed by atoms with Gasteiger partial charge in [-0.2, -0.15) is 0 Å².